The maximum atomic E-state index is 6.67. The molecule has 9 rings (SSSR count). The van der Waals surface area contributed by atoms with Gasteiger partial charge < -0.3 is 38.2 Å². The number of hydrogen-bond acceptors (Lipinski definition) is 9. The highest BCUT2D eigenvalue weighted by atomic mass is 16.5. The number of hydrogen-bond donors (Lipinski definition) is 0. The molecule has 0 atom stereocenters. The standard InChI is InChI=1S/C46H37N3O6/c1-50-36-18-8-30(9-19-36)47(31-10-20-37(51-2)21-11-31)34-16-26-40-44(28-34)54-42-6-5-7-43-46(42)49(40)41-27-17-35(29-45(41)55-43)48(32-12-22-38(52-3)23-13-32)33-14-24-39(53-4)25-15-33/h5-29H,1-4H3. The third kappa shape index (κ3) is 6.01. The van der Waals surface area contributed by atoms with E-state index in [0.29, 0.717) is 23.0 Å². The lowest BCUT2D eigenvalue weighted by Crippen LogP contribution is -2.21. The quantitative estimate of drug-likeness (QED) is 0.137. The van der Waals surface area contributed by atoms with Crippen molar-refractivity contribution in [3.8, 4) is 46.0 Å². The Labute approximate surface area is 319 Å². The number of ether oxygens (including phenoxy) is 6. The zero-order valence-electron chi connectivity index (χ0n) is 30.7. The number of methoxy groups -OCH3 is 4. The molecular weight excluding hydrogens is 691 g/mol. The molecule has 0 saturated carbocycles. The zero-order chi connectivity index (χ0) is 37.5. The fourth-order valence-electron chi connectivity index (χ4n) is 7.13. The van der Waals surface area contributed by atoms with Crippen LogP contribution in [-0.4, -0.2) is 28.4 Å². The number of rotatable bonds is 10. The first kappa shape index (κ1) is 33.6. The Morgan fingerprint density at radius 1 is 0.364 bits per heavy atom. The number of fused-ring (bicyclic) bond motifs is 4. The van der Waals surface area contributed by atoms with Crippen LogP contribution in [0.25, 0.3) is 0 Å². The third-order valence-electron chi connectivity index (χ3n) is 9.83. The number of benzene rings is 7. The molecule has 0 spiro atoms. The Balaban J connectivity index is 1.14. The van der Waals surface area contributed by atoms with E-state index < -0.39 is 0 Å². The van der Waals surface area contributed by atoms with E-state index in [-0.39, 0.29) is 0 Å². The Morgan fingerprint density at radius 3 is 0.982 bits per heavy atom. The molecule has 0 saturated heterocycles. The van der Waals surface area contributed by atoms with Gasteiger partial charge in [0.15, 0.2) is 23.0 Å². The van der Waals surface area contributed by atoms with Crippen molar-refractivity contribution in [2.75, 3.05) is 43.1 Å². The summed E-state index contributed by atoms with van der Waals surface area (Å²) in [5.74, 6) is 5.96. The maximum Gasteiger partial charge on any atom is 0.155 e. The van der Waals surface area contributed by atoms with Gasteiger partial charge in [-0.1, -0.05) is 6.07 Å². The van der Waals surface area contributed by atoms with Crippen LogP contribution >= 0.6 is 0 Å². The Kier molecular flexibility index (Phi) is 8.51. The zero-order valence-corrected chi connectivity index (χ0v) is 30.7. The molecule has 7 aromatic carbocycles. The van der Waals surface area contributed by atoms with E-state index >= 15 is 0 Å². The highest BCUT2D eigenvalue weighted by Gasteiger charge is 2.35. The van der Waals surface area contributed by atoms with Gasteiger partial charge in [0.2, 0.25) is 0 Å². The first-order chi connectivity index (χ1) is 27.0. The molecule has 2 aliphatic rings. The second-order valence-corrected chi connectivity index (χ2v) is 12.9. The van der Waals surface area contributed by atoms with Gasteiger partial charge in [-0.15, -0.1) is 0 Å². The van der Waals surface area contributed by atoms with Gasteiger partial charge >= 0.3 is 0 Å². The first-order valence-electron chi connectivity index (χ1n) is 17.8. The van der Waals surface area contributed by atoms with Crippen LogP contribution in [0.1, 0.15) is 0 Å². The minimum Gasteiger partial charge on any atom is -0.497 e. The van der Waals surface area contributed by atoms with E-state index in [9.17, 15) is 0 Å². The molecule has 0 aliphatic carbocycles. The molecule has 2 heterocycles. The van der Waals surface area contributed by atoms with Crippen LogP contribution in [0.15, 0.2) is 152 Å². The molecule has 272 valence electrons. The van der Waals surface area contributed by atoms with Crippen molar-refractivity contribution in [2.24, 2.45) is 0 Å². The second kappa shape index (κ2) is 13.9. The van der Waals surface area contributed by atoms with E-state index in [1.807, 2.05) is 115 Å². The molecule has 2 aliphatic heterocycles. The number of nitrogens with zero attached hydrogens (tertiary/aromatic N) is 3. The first-order valence-corrected chi connectivity index (χ1v) is 17.8. The topological polar surface area (TPSA) is 65.1 Å². The molecule has 0 radical (unpaired) electrons. The van der Waals surface area contributed by atoms with Gasteiger partial charge in [0.25, 0.3) is 0 Å². The van der Waals surface area contributed by atoms with Crippen LogP contribution in [0.5, 0.6) is 46.0 Å². The maximum absolute atomic E-state index is 6.67. The summed E-state index contributed by atoms with van der Waals surface area (Å²) in [6.45, 7) is 0. The van der Waals surface area contributed by atoms with Crippen LogP contribution < -0.4 is 43.1 Å². The van der Waals surface area contributed by atoms with Gasteiger partial charge in [-0.2, -0.15) is 0 Å². The van der Waals surface area contributed by atoms with Crippen molar-refractivity contribution < 1.29 is 28.4 Å². The van der Waals surface area contributed by atoms with E-state index in [1.165, 1.54) is 0 Å². The largest absolute Gasteiger partial charge is 0.497 e. The van der Waals surface area contributed by atoms with Crippen molar-refractivity contribution in [3.05, 3.63) is 152 Å². The fourth-order valence-corrected chi connectivity index (χ4v) is 7.13. The predicted molar refractivity (Wildman–Crippen MR) is 217 cm³/mol. The lowest BCUT2D eigenvalue weighted by atomic mass is 10.1. The summed E-state index contributed by atoms with van der Waals surface area (Å²) < 4.78 is 35.2. The molecule has 0 aromatic heterocycles. The molecule has 9 nitrogen and oxygen atoms in total. The summed E-state index contributed by atoms with van der Waals surface area (Å²) in [6, 6.07) is 50.5. The normalized spacial score (nSPS) is 11.9. The average Bonchev–Trinajstić information content (AvgIpc) is 3.24. The molecule has 7 aromatic rings. The highest BCUT2D eigenvalue weighted by molar-refractivity contribution is 5.96. The molecule has 9 heteroatoms. The van der Waals surface area contributed by atoms with Gasteiger partial charge in [0, 0.05) is 46.3 Å². The number of para-hydroxylation sites is 1. The smallest absolute Gasteiger partial charge is 0.155 e. The molecule has 0 unspecified atom stereocenters. The SMILES string of the molecule is COc1ccc(N(c2ccc(OC)cc2)c2ccc3c(c2)Oc2cccc4c2N3c2ccc(N(c3ccc(OC)cc3)c3ccc(OC)cc3)cc2O4)cc1. The summed E-state index contributed by atoms with van der Waals surface area (Å²) in [6.07, 6.45) is 0. The van der Waals surface area contributed by atoms with E-state index in [1.54, 1.807) is 28.4 Å². The Hall–Kier alpha value is -7.26. The lowest BCUT2D eigenvalue weighted by molar-refractivity contribution is 0.414. The second-order valence-electron chi connectivity index (χ2n) is 12.9. The van der Waals surface area contributed by atoms with E-state index in [2.05, 4.69) is 51.1 Å². The minimum absolute atomic E-state index is 0.704. The van der Waals surface area contributed by atoms with Crippen molar-refractivity contribution in [1.82, 2.24) is 0 Å². The molecule has 0 bridgehead atoms. The van der Waals surface area contributed by atoms with E-state index in [0.717, 1.165) is 74.2 Å². The van der Waals surface area contributed by atoms with Crippen molar-refractivity contribution >= 4 is 51.2 Å². The van der Waals surface area contributed by atoms with Crippen molar-refractivity contribution in [2.45, 2.75) is 0 Å². The number of anilines is 9. The van der Waals surface area contributed by atoms with Crippen LogP contribution in [0.3, 0.4) is 0 Å². The Morgan fingerprint density at radius 2 is 0.673 bits per heavy atom. The van der Waals surface area contributed by atoms with Gasteiger partial charge in [0.1, 0.15) is 28.7 Å². The molecule has 0 fully saturated rings. The summed E-state index contributed by atoms with van der Waals surface area (Å²) in [7, 11) is 6.68. The van der Waals surface area contributed by atoms with Gasteiger partial charge in [-0.05, 0) is 133 Å². The minimum atomic E-state index is 0.704. The third-order valence-corrected chi connectivity index (χ3v) is 9.83. The van der Waals surface area contributed by atoms with Crippen LogP contribution in [-0.2, 0) is 0 Å². The monoisotopic (exact) mass is 727 g/mol. The van der Waals surface area contributed by atoms with Gasteiger partial charge in [-0.25, -0.2) is 0 Å². The molecule has 0 N–H and O–H groups in total. The highest BCUT2D eigenvalue weighted by Crippen LogP contribution is 2.61. The van der Waals surface area contributed by atoms with Crippen LogP contribution in [0, 0.1) is 0 Å². The van der Waals surface area contributed by atoms with Gasteiger partial charge in [-0.3, -0.25) is 4.90 Å². The van der Waals surface area contributed by atoms with Crippen LogP contribution in [0.2, 0.25) is 0 Å². The van der Waals surface area contributed by atoms with Crippen molar-refractivity contribution in [1.29, 1.82) is 0 Å². The van der Waals surface area contributed by atoms with E-state index in [4.69, 9.17) is 28.4 Å². The molecule has 55 heavy (non-hydrogen) atoms. The summed E-state index contributed by atoms with van der Waals surface area (Å²) in [4.78, 5) is 6.59. The molecular formula is C46H37N3O6. The summed E-state index contributed by atoms with van der Waals surface area (Å²) >= 11 is 0. The fraction of sp³-hybridized carbons (Fsp3) is 0.0870. The van der Waals surface area contributed by atoms with Crippen molar-refractivity contribution in [3.63, 3.8) is 0 Å². The predicted octanol–water partition coefficient (Wildman–Crippen LogP) is 12.3. The van der Waals surface area contributed by atoms with Gasteiger partial charge in [0.05, 0.1) is 39.8 Å². The Bertz CT molecular complexity index is 2220. The average molecular weight is 728 g/mol. The summed E-state index contributed by atoms with van der Waals surface area (Å²) in [5, 5.41) is 0. The lowest BCUT2D eigenvalue weighted by Gasteiger charge is -2.39. The summed E-state index contributed by atoms with van der Waals surface area (Å²) in [5.41, 5.74) is 8.35. The van der Waals surface area contributed by atoms with Crippen LogP contribution in [0.4, 0.5) is 51.2 Å². The molecule has 0 amide bonds.